The van der Waals surface area contributed by atoms with Gasteiger partial charge in [-0.15, -0.1) is 0 Å². The fourth-order valence-electron chi connectivity index (χ4n) is 4.42. The molecule has 9 nitrogen and oxygen atoms in total. The summed E-state index contributed by atoms with van der Waals surface area (Å²) in [6, 6.07) is 7.66. The van der Waals surface area contributed by atoms with Crippen LogP contribution in [-0.2, 0) is 17.9 Å². The van der Waals surface area contributed by atoms with Crippen molar-refractivity contribution in [1.82, 2.24) is 25.1 Å². The zero-order chi connectivity index (χ0) is 22.5. The van der Waals surface area contributed by atoms with Crippen molar-refractivity contribution in [2.75, 3.05) is 7.11 Å². The summed E-state index contributed by atoms with van der Waals surface area (Å²) >= 11 is 0. The molecule has 0 spiro atoms. The Labute approximate surface area is 186 Å². The van der Waals surface area contributed by atoms with E-state index in [0.717, 1.165) is 31.2 Å². The lowest BCUT2D eigenvalue weighted by molar-refractivity contribution is -0.133. The lowest BCUT2D eigenvalue weighted by atomic mass is 9.93. The highest BCUT2D eigenvalue weighted by atomic mass is 16.5. The van der Waals surface area contributed by atoms with E-state index in [4.69, 9.17) is 4.74 Å². The first-order valence-electron chi connectivity index (χ1n) is 11.0. The highest BCUT2D eigenvalue weighted by Crippen LogP contribution is 2.39. The van der Waals surface area contributed by atoms with Crippen LogP contribution in [0.3, 0.4) is 0 Å². The summed E-state index contributed by atoms with van der Waals surface area (Å²) in [5.74, 6) is -0.186. The van der Waals surface area contributed by atoms with Gasteiger partial charge in [0.05, 0.1) is 20.0 Å². The number of hydrogen-bond acceptors (Lipinski definition) is 5. The summed E-state index contributed by atoms with van der Waals surface area (Å²) in [5, 5.41) is 5.89. The van der Waals surface area contributed by atoms with Crippen molar-refractivity contribution in [2.45, 2.75) is 63.3 Å². The van der Waals surface area contributed by atoms with E-state index in [-0.39, 0.29) is 54.3 Å². The number of carbonyl (C=O) groups excluding carboxylic acids is 3. The summed E-state index contributed by atoms with van der Waals surface area (Å²) < 4.78 is 7.02. The second kappa shape index (κ2) is 7.65. The monoisotopic (exact) mass is 437 g/mol. The zero-order valence-corrected chi connectivity index (χ0v) is 18.3. The van der Waals surface area contributed by atoms with Crippen molar-refractivity contribution in [3.8, 4) is 5.75 Å². The third-order valence-electron chi connectivity index (χ3n) is 6.43. The molecule has 9 heteroatoms. The molecule has 0 bridgehead atoms. The van der Waals surface area contributed by atoms with Gasteiger partial charge in [0.1, 0.15) is 17.0 Å². The molecular weight excluding hydrogens is 410 g/mol. The molecule has 0 saturated heterocycles. The Morgan fingerprint density at radius 3 is 2.66 bits per heavy atom. The van der Waals surface area contributed by atoms with Crippen LogP contribution in [0.4, 0.5) is 0 Å². The molecule has 0 unspecified atom stereocenters. The first-order valence-corrected chi connectivity index (χ1v) is 11.0. The largest absolute Gasteiger partial charge is 0.496 e. The van der Waals surface area contributed by atoms with E-state index in [0.29, 0.717) is 5.75 Å². The number of ether oxygens (including phenoxy) is 1. The molecular formula is C23H27N5O4. The Kier molecular flexibility index (Phi) is 4.91. The standard InChI is InChI=1S/C23H27N5O4/c1-23(22(31)24-11-14-5-3-4-6-17(14)32-2)12-27-13-25-18(20(29)26-15-7-8-15)19(27)21(30)28(23)16-9-10-16/h3-6,13,15-16H,7-12H2,1-2H3,(H,24,31)(H,26,29)/t23-/m0/s1. The minimum atomic E-state index is -1.09. The number of carbonyl (C=O) groups is 3. The minimum absolute atomic E-state index is 0.00694. The van der Waals surface area contributed by atoms with Crippen LogP contribution >= 0.6 is 0 Å². The first-order chi connectivity index (χ1) is 15.4. The van der Waals surface area contributed by atoms with Crippen LogP contribution in [0, 0.1) is 0 Å². The van der Waals surface area contributed by atoms with Gasteiger partial charge in [0.15, 0.2) is 5.69 Å². The Bertz CT molecular complexity index is 1090. The number of fused-ring (bicyclic) bond motifs is 1. The maximum absolute atomic E-state index is 13.6. The maximum atomic E-state index is 13.6. The first kappa shape index (κ1) is 20.5. The number of methoxy groups -OCH3 is 1. The third-order valence-corrected chi connectivity index (χ3v) is 6.43. The highest BCUT2D eigenvalue weighted by Gasteiger charge is 2.53. The van der Waals surface area contributed by atoms with Gasteiger partial charge >= 0.3 is 0 Å². The number of benzene rings is 1. The molecule has 1 aromatic carbocycles. The van der Waals surface area contributed by atoms with E-state index in [1.165, 1.54) is 6.33 Å². The van der Waals surface area contributed by atoms with Crippen molar-refractivity contribution >= 4 is 17.7 Å². The number of rotatable bonds is 7. The van der Waals surface area contributed by atoms with Gasteiger partial charge in [-0.05, 0) is 38.7 Å². The second-order valence-electron chi connectivity index (χ2n) is 8.99. The summed E-state index contributed by atoms with van der Waals surface area (Å²) in [5.41, 5.74) is 0.182. The van der Waals surface area contributed by atoms with Crippen molar-refractivity contribution in [3.63, 3.8) is 0 Å². The van der Waals surface area contributed by atoms with E-state index < -0.39 is 5.54 Å². The van der Waals surface area contributed by atoms with E-state index in [1.807, 2.05) is 24.3 Å². The molecule has 2 heterocycles. The highest BCUT2D eigenvalue weighted by molar-refractivity contribution is 6.07. The topological polar surface area (TPSA) is 106 Å². The smallest absolute Gasteiger partial charge is 0.274 e. The van der Waals surface area contributed by atoms with Crippen molar-refractivity contribution < 1.29 is 19.1 Å². The van der Waals surface area contributed by atoms with Crippen molar-refractivity contribution in [2.24, 2.45) is 0 Å². The van der Waals surface area contributed by atoms with Crippen LogP contribution < -0.4 is 15.4 Å². The number of aromatic nitrogens is 2. The predicted molar refractivity (Wildman–Crippen MR) is 115 cm³/mol. The van der Waals surface area contributed by atoms with Crippen molar-refractivity contribution in [1.29, 1.82) is 0 Å². The SMILES string of the molecule is COc1ccccc1CNC(=O)[C@]1(C)Cn2cnc(C(=O)NC3CC3)c2C(=O)N1C1CC1. The van der Waals surface area contributed by atoms with Gasteiger partial charge in [0.25, 0.3) is 11.8 Å². The van der Waals surface area contributed by atoms with Gasteiger partial charge in [-0.1, -0.05) is 18.2 Å². The number of amides is 3. The van der Waals surface area contributed by atoms with Crippen LogP contribution in [0.2, 0.25) is 0 Å². The van der Waals surface area contributed by atoms with Gasteiger partial charge in [-0.3, -0.25) is 14.4 Å². The second-order valence-corrected chi connectivity index (χ2v) is 8.99. The van der Waals surface area contributed by atoms with E-state index in [2.05, 4.69) is 15.6 Å². The minimum Gasteiger partial charge on any atom is -0.496 e. The molecule has 2 aromatic rings. The average Bonchev–Trinajstić information content (AvgIpc) is 3.72. The lowest BCUT2D eigenvalue weighted by Gasteiger charge is -2.44. The Morgan fingerprint density at radius 1 is 1.22 bits per heavy atom. The van der Waals surface area contributed by atoms with E-state index in [1.54, 1.807) is 23.5 Å². The fraction of sp³-hybridized carbons (Fsp3) is 0.478. The maximum Gasteiger partial charge on any atom is 0.274 e. The lowest BCUT2D eigenvalue weighted by Crippen LogP contribution is -2.64. The summed E-state index contributed by atoms with van der Waals surface area (Å²) in [4.78, 5) is 45.5. The summed E-state index contributed by atoms with van der Waals surface area (Å²) in [7, 11) is 1.59. The molecule has 1 aliphatic heterocycles. The van der Waals surface area contributed by atoms with Crippen LogP contribution in [0.1, 0.15) is 59.1 Å². The van der Waals surface area contributed by atoms with E-state index >= 15 is 0 Å². The molecule has 32 heavy (non-hydrogen) atoms. The molecule has 1 aromatic heterocycles. The fourth-order valence-corrected chi connectivity index (χ4v) is 4.42. The van der Waals surface area contributed by atoms with E-state index in [9.17, 15) is 14.4 Å². The molecule has 0 radical (unpaired) electrons. The normalized spacial score (nSPS) is 22.3. The average molecular weight is 438 g/mol. The molecule has 2 N–H and O–H groups in total. The number of para-hydroxylation sites is 1. The van der Waals surface area contributed by atoms with Crippen LogP contribution in [-0.4, -0.2) is 56.9 Å². The molecule has 3 aliphatic rings. The van der Waals surface area contributed by atoms with Crippen LogP contribution in [0.25, 0.3) is 0 Å². The van der Waals surface area contributed by atoms with Gasteiger partial charge in [0, 0.05) is 24.2 Å². The molecule has 3 amide bonds. The quantitative estimate of drug-likeness (QED) is 0.683. The number of hydrogen-bond donors (Lipinski definition) is 2. The molecule has 2 aliphatic carbocycles. The summed E-state index contributed by atoms with van der Waals surface area (Å²) in [6.07, 6.45) is 5.09. The molecule has 168 valence electrons. The zero-order valence-electron chi connectivity index (χ0n) is 18.3. The molecule has 2 saturated carbocycles. The Morgan fingerprint density at radius 2 is 1.97 bits per heavy atom. The van der Waals surface area contributed by atoms with Crippen LogP contribution in [0.15, 0.2) is 30.6 Å². The molecule has 1 atom stereocenters. The number of imidazole rings is 1. The molecule has 5 rings (SSSR count). The van der Waals surface area contributed by atoms with Gasteiger partial charge in [-0.25, -0.2) is 4.98 Å². The van der Waals surface area contributed by atoms with Crippen molar-refractivity contribution in [3.05, 3.63) is 47.5 Å². The predicted octanol–water partition coefficient (Wildman–Crippen LogP) is 1.48. The Hall–Kier alpha value is -3.36. The van der Waals surface area contributed by atoms with Crippen LogP contribution in [0.5, 0.6) is 5.75 Å². The van der Waals surface area contributed by atoms with Gasteiger partial charge in [-0.2, -0.15) is 0 Å². The summed E-state index contributed by atoms with van der Waals surface area (Å²) in [6.45, 7) is 2.32. The number of nitrogens with zero attached hydrogens (tertiary/aromatic N) is 3. The number of nitrogens with one attached hydrogen (secondary N) is 2. The third kappa shape index (κ3) is 3.51. The Balaban J connectivity index is 1.41. The van der Waals surface area contributed by atoms with Gasteiger partial charge < -0.3 is 24.8 Å². The van der Waals surface area contributed by atoms with Gasteiger partial charge in [0.2, 0.25) is 5.91 Å². The molecule has 2 fully saturated rings.